The van der Waals surface area contributed by atoms with Crippen LogP contribution in [0.15, 0.2) is 252 Å². The molecule has 346 valence electrons. The Labute approximate surface area is 415 Å². The molecule has 0 radical (unpaired) electrons. The lowest BCUT2D eigenvalue weighted by atomic mass is 9.66. The zero-order chi connectivity index (χ0) is 48.7. The molecule has 11 rings (SSSR count). The Morgan fingerprint density at radius 3 is 0.873 bits per heavy atom. The van der Waals surface area contributed by atoms with E-state index in [2.05, 4.69) is 48.5 Å². The summed E-state index contributed by atoms with van der Waals surface area (Å²) in [6.07, 6.45) is 0. The summed E-state index contributed by atoms with van der Waals surface area (Å²) in [5, 5.41) is 0. The number of benzene rings is 10. The molecule has 71 heavy (non-hydrogen) atoms. The molecule has 0 saturated heterocycles. The molecule has 10 aromatic rings. The van der Waals surface area contributed by atoms with Gasteiger partial charge in [0.1, 0.15) is 9.79 Å². The third-order valence-corrected chi connectivity index (χ3v) is 15.8. The Bertz CT molecular complexity index is 3450. The summed E-state index contributed by atoms with van der Waals surface area (Å²) in [6.45, 7) is 3.82. The number of rotatable bonds is 12. The van der Waals surface area contributed by atoms with Crippen LogP contribution in [-0.2, 0) is 25.7 Å². The van der Waals surface area contributed by atoms with E-state index in [1.165, 1.54) is 0 Å². The lowest BCUT2D eigenvalue weighted by molar-refractivity contribution is 0.486. The molecule has 0 bridgehead atoms. The van der Waals surface area contributed by atoms with Gasteiger partial charge in [0.2, 0.25) is 0 Å². The smallest absolute Gasteiger partial charge is 0.339 e. The van der Waals surface area contributed by atoms with Crippen molar-refractivity contribution in [1.29, 1.82) is 0 Å². The van der Waals surface area contributed by atoms with Crippen LogP contribution in [0.3, 0.4) is 0 Å². The summed E-state index contributed by atoms with van der Waals surface area (Å²) in [5.74, 6) is 0.364. The molecular formula is C63H46O6S2. The monoisotopic (exact) mass is 962 g/mol. The fraction of sp³-hybridized carbons (Fsp3) is 0.0476. The highest BCUT2D eigenvalue weighted by molar-refractivity contribution is 7.87. The fourth-order valence-electron chi connectivity index (χ4n) is 9.95. The highest BCUT2D eigenvalue weighted by atomic mass is 32.2. The lowest BCUT2D eigenvalue weighted by Gasteiger charge is -2.36. The third kappa shape index (κ3) is 8.21. The van der Waals surface area contributed by atoms with Crippen molar-refractivity contribution in [2.75, 3.05) is 0 Å². The van der Waals surface area contributed by atoms with Crippen LogP contribution in [0.2, 0.25) is 0 Å². The minimum Gasteiger partial charge on any atom is -0.378 e. The Hall–Kier alpha value is -8.30. The van der Waals surface area contributed by atoms with Gasteiger partial charge in [0.05, 0.1) is 5.41 Å². The molecule has 0 atom stereocenters. The SMILES string of the molecule is Cc1ccc(S(=O)(=O)Oc2c(-c3ccccc3)cc(C3(c4cc(-c5ccccc5)c(OS(=O)(=O)c5ccc(C)cc5)c(-c5ccccc5)c4)c4ccccc4-c4ccccc43)cc2-c2ccccc2)cc1. The predicted octanol–water partition coefficient (Wildman–Crippen LogP) is 14.9. The lowest BCUT2D eigenvalue weighted by Crippen LogP contribution is -2.29. The second-order valence-electron chi connectivity index (χ2n) is 17.8. The average molecular weight is 963 g/mol. The van der Waals surface area contributed by atoms with Crippen molar-refractivity contribution in [3.05, 3.63) is 276 Å². The van der Waals surface area contributed by atoms with Crippen LogP contribution in [0.5, 0.6) is 11.5 Å². The second-order valence-corrected chi connectivity index (χ2v) is 20.9. The first kappa shape index (κ1) is 45.2. The molecule has 0 fully saturated rings. The van der Waals surface area contributed by atoms with E-state index in [4.69, 9.17) is 8.37 Å². The van der Waals surface area contributed by atoms with Crippen LogP contribution in [-0.4, -0.2) is 16.8 Å². The molecule has 0 heterocycles. The van der Waals surface area contributed by atoms with E-state index >= 15 is 0 Å². The van der Waals surface area contributed by atoms with E-state index in [0.717, 1.165) is 66.8 Å². The van der Waals surface area contributed by atoms with Crippen molar-refractivity contribution in [3.63, 3.8) is 0 Å². The standard InChI is InChI=1S/C63H46O6S2/c1-43-31-35-51(36-32-43)70(64,65)68-61-55(45-19-7-3-8-20-45)39-49(40-56(61)46-21-9-4-10-22-46)63(59-29-17-15-27-53(59)54-28-16-18-30-60(54)63)50-41-57(47-23-11-5-12-24-47)62(58(42-50)48-25-13-6-14-26-48)69-71(66,67)52-37-33-44(2)34-38-52/h3-42H,1-2H3. The molecule has 0 spiro atoms. The van der Waals surface area contributed by atoms with Crippen LogP contribution < -0.4 is 8.37 Å². The van der Waals surface area contributed by atoms with E-state index in [1.807, 2.05) is 159 Å². The van der Waals surface area contributed by atoms with Gasteiger partial charge in [-0.1, -0.05) is 205 Å². The molecular weight excluding hydrogens is 917 g/mol. The number of fused-ring (bicyclic) bond motifs is 3. The Balaban J connectivity index is 1.28. The molecule has 0 saturated carbocycles. The molecule has 1 aliphatic carbocycles. The summed E-state index contributed by atoms with van der Waals surface area (Å²) in [4.78, 5) is 0.0720. The predicted molar refractivity (Wildman–Crippen MR) is 283 cm³/mol. The topological polar surface area (TPSA) is 86.7 Å². The zero-order valence-corrected chi connectivity index (χ0v) is 40.5. The van der Waals surface area contributed by atoms with Gasteiger partial charge in [-0.15, -0.1) is 0 Å². The quantitative estimate of drug-likeness (QED) is 0.113. The summed E-state index contributed by atoms with van der Waals surface area (Å²) in [5.41, 5.74) is 11.6. The molecule has 8 heteroatoms. The minimum atomic E-state index is -4.37. The van der Waals surface area contributed by atoms with Gasteiger partial charge < -0.3 is 8.37 Å². The second kappa shape index (κ2) is 18.2. The Morgan fingerprint density at radius 2 is 0.577 bits per heavy atom. The van der Waals surface area contributed by atoms with E-state index < -0.39 is 25.7 Å². The fourth-order valence-corrected chi connectivity index (χ4v) is 11.9. The molecule has 0 aliphatic heterocycles. The van der Waals surface area contributed by atoms with Crippen molar-refractivity contribution >= 4 is 20.2 Å². The zero-order valence-electron chi connectivity index (χ0n) is 38.9. The minimum absolute atomic E-state index is 0.0360. The van der Waals surface area contributed by atoms with Gasteiger partial charge in [-0.2, -0.15) is 16.8 Å². The van der Waals surface area contributed by atoms with Gasteiger partial charge >= 0.3 is 20.2 Å². The number of hydrogen-bond acceptors (Lipinski definition) is 6. The Kier molecular flexibility index (Phi) is 11.6. The van der Waals surface area contributed by atoms with Crippen molar-refractivity contribution in [3.8, 4) is 67.1 Å². The van der Waals surface area contributed by atoms with Gasteiger partial charge in [0, 0.05) is 22.3 Å². The molecule has 10 aromatic carbocycles. The maximum Gasteiger partial charge on any atom is 0.339 e. The average Bonchev–Trinajstić information content (AvgIpc) is 3.71. The normalized spacial score (nSPS) is 12.7. The van der Waals surface area contributed by atoms with Gasteiger partial charge in [-0.25, -0.2) is 0 Å². The Morgan fingerprint density at radius 1 is 0.310 bits per heavy atom. The van der Waals surface area contributed by atoms with Gasteiger partial charge in [-0.3, -0.25) is 0 Å². The highest BCUT2D eigenvalue weighted by Crippen LogP contribution is 2.59. The summed E-state index contributed by atoms with van der Waals surface area (Å²) >= 11 is 0. The highest BCUT2D eigenvalue weighted by Gasteiger charge is 2.48. The van der Waals surface area contributed by atoms with E-state index in [9.17, 15) is 16.8 Å². The third-order valence-electron chi connectivity index (χ3n) is 13.3. The van der Waals surface area contributed by atoms with Gasteiger partial charge in [0.15, 0.2) is 11.5 Å². The first-order valence-electron chi connectivity index (χ1n) is 23.3. The van der Waals surface area contributed by atoms with Crippen molar-refractivity contribution in [1.82, 2.24) is 0 Å². The van der Waals surface area contributed by atoms with Crippen LogP contribution in [0.25, 0.3) is 55.6 Å². The summed E-state index contributed by atoms with van der Waals surface area (Å²) in [6, 6.07) is 77.2. The van der Waals surface area contributed by atoms with Crippen LogP contribution in [0.4, 0.5) is 0 Å². The van der Waals surface area contributed by atoms with Gasteiger partial charge in [-0.05, 0) is 118 Å². The largest absolute Gasteiger partial charge is 0.378 e. The first-order valence-corrected chi connectivity index (χ1v) is 26.1. The molecule has 0 aromatic heterocycles. The maximum absolute atomic E-state index is 14.5. The number of hydrogen-bond donors (Lipinski definition) is 0. The van der Waals surface area contributed by atoms with Crippen LogP contribution in [0.1, 0.15) is 33.4 Å². The van der Waals surface area contributed by atoms with Crippen molar-refractivity contribution < 1.29 is 25.2 Å². The number of aryl methyl sites for hydroxylation is 2. The molecule has 0 N–H and O–H groups in total. The molecule has 0 unspecified atom stereocenters. The van der Waals surface area contributed by atoms with Crippen LogP contribution in [0, 0.1) is 13.8 Å². The molecule has 6 nitrogen and oxygen atoms in total. The molecule has 0 amide bonds. The maximum atomic E-state index is 14.5. The summed E-state index contributed by atoms with van der Waals surface area (Å²) < 4.78 is 71.1. The van der Waals surface area contributed by atoms with E-state index in [-0.39, 0.29) is 21.3 Å². The first-order chi connectivity index (χ1) is 34.5. The van der Waals surface area contributed by atoms with Gasteiger partial charge in [0.25, 0.3) is 0 Å². The van der Waals surface area contributed by atoms with E-state index in [0.29, 0.717) is 22.3 Å². The van der Waals surface area contributed by atoms with Crippen LogP contribution >= 0.6 is 0 Å². The van der Waals surface area contributed by atoms with Crippen molar-refractivity contribution in [2.45, 2.75) is 29.1 Å². The van der Waals surface area contributed by atoms with Crippen molar-refractivity contribution in [2.24, 2.45) is 0 Å². The summed E-state index contributed by atoms with van der Waals surface area (Å²) in [7, 11) is -8.73. The van der Waals surface area contributed by atoms with E-state index in [1.54, 1.807) is 48.5 Å². The molecule has 1 aliphatic rings.